The molecule has 1 aromatic carbocycles. The van der Waals surface area contributed by atoms with Crippen LogP contribution >= 0.6 is 0 Å². The van der Waals surface area contributed by atoms with Gasteiger partial charge in [0.05, 0.1) is 13.7 Å². The van der Waals surface area contributed by atoms with Crippen molar-refractivity contribution in [2.75, 3.05) is 7.11 Å². The molecule has 1 aromatic heterocycles. The topological polar surface area (TPSA) is 70.1 Å². The number of nitrogens with zero attached hydrogens (tertiary/aromatic N) is 2. The molecule has 5 heteroatoms. The van der Waals surface area contributed by atoms with Crippen LogP contribution in [0.2, 0.25) is 0 Å². The number of hydrogen-bond acceptors (Lipinski definition) is 3. The number of methoxy groups -OCH3 is 1. The maximum atomic E-state index is 10.7. The van der Waals surface area contributed by atoms with E-state index < -0.39 is 5.91 Å². The third kappa shape index (κ3) is 3.45. The van der Waals surface area contributed by atoms with Crippen LogP contribution in [0.1, 0.15) is 11.1 Å². The molecule has 0 radical (unpaired) electrons. The van der Waals surface area contributed by atoms with Gasteiger partial charge in [-0.05, 0) is 29.8 Å². The van der Waals surface area contributed by atoms with E-state index in [0.29, 0.717) is 6.54 Å². The van der Waals surface area contributed by atoms with E-state index in [9.17, 15) is 4.79 Å². The fourth-order valence-electron chi connectivity index (χ4n) is 1.77. The number of hydrogen-bond donors (Lipinski definition) is 1. The molecule has 0 aliphatic rings. The van der Waals surface area contributed by atoms with Gasteiger partial charge in [0.25, 0.3) is 0 Å². The maximum Gasteiger partial charge on any atom is 0.241 e. The summed E-state index contributed by atoms with van der Waals surface area (Å²) in [6, 6.07) is 7.54. The predicted octanol–water partition coefficient (Wildman–Crippen LogP) is 1.44. The van der Waals surface area contributed by atoms with Gasteiger partial charge in [0, 0.05) is 24.0 Å². The molecule has 1 amide bonds. The van der Waals surface area contributed by atoms with Crippen LogP contribution in [0.5, 0.6) is 5.75 Å². The molecule has 0 saturated carbocycles. The van der Waals surface area contributed by atoms with E-state index in [4.69, 9.17) is 10.5 Å². The van der Waals surface area contributed by atoms with Gasteiger partial charge < -0.3 is 10.5 Å². The average molecular weight is 257 g/mol. The SMILES string of the molecule is COc1ccc(C=CC(N)=O)cc1Cn1cccn1. The molecular formula is C14H15N3O2. The highest BCUT2D eigenvalue weighted by Crippen LogP contribution is 2.21. The van der Waals surface area contributed by atoms with Gasteiger partial charge in [0.2, 0.25) is 5.91 Å². The zero-order valence-electron chi connectivity index (χ0n) is 10.6. The summed E-state index contributed by atoms with van der Waals surface area (Å²) in [5.41, 5.74) is 6.95. The number of ether oxygens (including phenoxy) is 1. The fraction of sp³-hybridized carbons (Fsp3) is 0.143. The van der Waals surface area contributed by atoms with Gasteiger partial charge in [-0.3, -0.25) is 9.48 Å². The molecule has 0 spiro atoms. The molecule has 0 fully saturated rings. The van der Waals surface area contributed by atoms with E-state index in [1.807, 2.05) is 30.5 Å². The lowest BCUT2D eigenvalue weighted by Crippen LogP contribution is -2.05. The minimum atomic E-state index is -0.468. The number of rotatable bonds is 5. The second-order valence-electron chi connectivity index (χ2n) is 4.01. The highest BCUT2D eigenvalue weighted by Gasteiger charge is 2.04. The molecule has 1 heterocycles. The summed E-state index contributed by atoms with van der Waals surface area (Å²) in [6.07, 6.45) is 6.61. The molecule has 2 aromatic rings. The van der Waals surface area contributed by atoms with Gasteiger partial charge in [0.15, 0.2) is 0 Å². The minimum Gasteiger partial charge on any atom is -0.496 e. The van der Waals surface area contributed by atoms with Crippen molar-refractivity contribution in [3.8, 4) is 5.75 Å². The van der Waals surface area contributed by atoms with Crippen LogP contribution in [0.3, 0.4) is 0 Å². The highest BCUT2D eigenvalue weighted by atomic mass is 16.5. The monoisotopic (exact) mass is 257 g/mol. The Kier molecular flexibility index (Phi) is 3.97. The van der Waals surface area contributed by atoms with E-state index in [1.54, 1.807) is 24.1 Å². The van der Waals surface area contributed by atoms with Crippen LogP contribution in [-0.4, -0.2) is 22.8 Å². The van der Waals surface area contributed by atoms with E-state index >= 15 is 0 Å². The first-order chi connectivity index (χ1) is 9.19. The van der Waals surface area contributed by atoms with Gasteiger partial charge in [-0.15, -0.1) is 0 Å². The molecule has 0 aliphatic carbocycles. The van der Waals surface area contributed by atoms with Crippen molar-refractivity contribution in [3.05, 3.63) is 53.9 Å². The Morgan fingerprint density at radius 3 is 3.00 bits per heavy atom. The molecule has 5 nitrogen and oxygen atoms in total. The first-order valence-electron chi connectivity index (χ1n) is 5.81. The second-order valence-corrected chi connectivity index (χ2v) is 4.01. The third-order valence-corrected chi connectivity index (χ3v) is 2.64. The zero-order chi connectivity index (χ0) is 13.7. The summed E-state index contributed by atoms with van der Waals surface area (Å²) in [4.78, 5) is 10.7. The van der Waals surface area contributed by atoms with Crippen molar-refractivity contribution < 1.29 is 9.53 Å². The summed E-state index contributed by atoms with van der Waals surface area (Å²) < 4.78 is 7.12. The van der Waals surface area contributed by atoms with Crippen molar-refractivity contribution in [3.63, 3.8) is 0 Å². The molecule has 0 bridgehead atoms. The van der Waals surface area contributed by atoms with E-state index in [2.05, 4.69) is 5.10 Å². The van der Waals surface area contributed by atoms with Crippen LogP contribution in [0, 0.1) is 0 Å². The Morgan fingerprint density at radius 2 is 2.37 bits per heavy atom. The molecule has 98 valence electrons. The number of primary amides is 1. The zero-order valence-corrected chi connectivity index (χ0v) is 10.6. The average Bonchev–Trinajstić information content (AvgIpc) is 2.89. The number of nitrogens with two attached hydrogens (primary N) is 1. The van der Waals surface area contributed by atoms with Gasteiger partial charge >= 0.3 is 0 Å². The number of benzene rings is 1. The van der Waals surface area contributed by atoms with Crippen LogP contribution in [0.25, 0.3) is 6.08 Å². The number of carbonyl (C=O) groups excluding carboxylic acids is 1. The summed E-state index contributed by atoms with van der Waals surface area (Å²) in [6.45, 7) is 0.606. The van der Waals surface area contributed by atoms with Crippen molar-refractivity contribution in [2.45, 2.75) is 6.54 Å². The summed E-state index contributed by atoms with van der Waals surface area (Å²) in [5.74, 6) is 0.316. The van der Waals surface area contributed by atoms with Gasteiger partial charge in [-0.2, -0.15) is 5.10 Å². The van der Waals surface area contributed by atoms with Gasteiger partial charge in [-0.25, -0.2) is 0 Å². The van der Waals surface area contributed by atoms with Crippen LogP contribution < -0.4 is 10.5 Å². The van der Waals surface area contributed by atoms with Crippen LogP contribution in [0.4, 0.5) is 0 Å². The lowest BCUT2D eigenvalue weighted by molar-refractivity contribution is -0.113. The third-order valence-electron chi connectivity index (χ3n) is 2.64. The van der Waals surface area contributed by atoms with Gasteiger partial charge in [-0.1, -0.05) is 6.07 Å². The Hall–Kier alpha value is -2.56. The summed E-state index contributed by atoms with van der Waals surface area (Å²) in [5, 5.41) is 4.16. The fourth-order valence-corrected chi connectivity index (χ4v) is 1.77. The maximum absolute atomic E-state index is 10.7. The first-order valence-corrected chi connectivity index (χ1v) is 5.81. The van der Waals surface area contributed by atoms with E-state index in [-0.39, 0.29) is 0 Å². The standard InChI is InChI=1S/C14H15N3O2/c1-19-13-5-3-11(4-6-14(15)18)9-12(13)10-17-8-2-7-16-17/h2-9H,10H2,1H3,(H2,15,18). The lowest BCUT2D eigenvalue weighted by atomic mass is 10.1. The van der Waals surface area contributed by atoms with Crippen LogP contribution in [-0.2, 0) is 11.3 Å². The Morgan fingerprint density at radius 1 is 1.53 bits per heavy atom. The molecule has 0 aliphatic heterocycles. The van der Waals surface area contributed by atoms with Crippen molar-refractivity contribution in [1.82, 2.24) is 9.78 Å². The lowest BCUT2D eigenvalue weighted by Gasteiger charge is -2.09. The molecule has 0 saturated heterocycles. The van der Waals surface area contributed by atoms with Crippen molar-refractivity contribution in [2.24, 2.45) is 5.73 Å². The predicted molar refractivity (Wildman–Crippen MR) is 72.6 cm³/mol. The second kappa shape index (κ2) is 5.86. The summed E-state index contributed by atoms with van der Waals surface area (Å²) >= 11 is 0. The molecule has 0 unspecified atom stereocenters. The quantitative estimate of drug-likeness (QED) is 0.824. The first kappa shape index (κ1) is 12.9. The Bertz CT molecular complexity index is 589. The molecule has 19 heavy (non-hydrogen) atoms. The smallest absolute Gasteiger partial charge is 0.241 e. The normalized spacial score (nSPS) is 10.8. The van der Waals surface area contributed by atoms with Crippen molar-refractivity contribution in [1.29, 1.82) is 0 Å². The van der Waals surface area contributed by atoms with Gasteiger partial charge in [0.1, 0.15) is 5.75 Å². The van der Waals surface area contributed by atoms with Crippen LogP contribution in [0.15, 0.2) is 42.7 Å². The number of aromatic nitrogens is 2. The molecule has 2 rings (SSSR count). The number of carbonyl (C=O) groups is 1. The molecular weight excluding hydrogens is 242 g/mol. The molecule has 2 N–H and O–H groups in total. The van der Waals surface area contributed by atoms with Crippen molar-refractivity contribution >= 4 is 12.0 Å². The Balaban J connectivity index is 2.28. The highest BCUT2D eigenvalue weighted by molar-refractivity contribution is 5.90. The number of amides is 1. The largest absolute Gasteiger partial charge is 0.496 e. The molecule has 0 atom stereocenters. The van der Waals surface area contributed by atoms with E-state index in [0.717, 1.165) is 16.9 Å². The van der Waals surface area contributed by atoms with E-state index in [1.165, 1.54) is 6.08 Å². The minimum absolute atomic E-state index is 0.468. The Labute approximate surface area is 111 Å². The summed E-state index contributed by atoms with van der Waals surface area (Å²) in [7, 11) is 1.63.